The van der Waals surface area contributed by atoms with Gasteiger partial charge in [-0.3, -0.25) is 4.79 Å². The van der Waals surface area contributed by atoms with Crippen LogP contribution in [0, 0.1) is 0 Å². The maximum Gasteiger partial charge on any atom is 0.156 e. The Morgan fingerprint density at radius 1 is 1.47 bits per heavy atom. The van der Waals surface area contributed by atoms with Crippen molar-refractivity contribution < 1.29 is 13.2 Å². The molecule has 3 heterocycles. The lowest BCUT2D eigenvalue weighted by molar-refractivity contribution is 0.112. The van der Waals surface area contributed by atoms with Gasteiger partial charge in [-0.15, -0.1) is 0 Å². The third-order valence-electron chi connectivity index (χ3n) is 3.41. The van der Waals surface area contributed by atoms with Gasteiger partial charge in [0, 0.05) is 18.2 Å². The third-order valence-corrected chi connectivity index (χ3v) is 5.69. The van der Waals surface area contributed by atoms with E-state index in [1.165, 1.54) is 0 Å². The highest BCUT2D eigenvalue weighted by atomic mass is 32.2. The molecule has 0 bridgehead atoms. The average molecular weight is 279 g/mol. The SMILES string of the molecule is O=Cc1ccn2nc(CC3CCCS3(=O)=O)nc2c1. The van der Waals surface area contributed by atoms with Crippen LogP contribution < -0.4 is 0 Å². The minimum absolute atomic E-state index is 0.264. The number of fused-ring (bicyclic) bond motifs is 1. The van der Waals surface area contributed by atoms with Gasteiger partial charge >= 0.3 is 0 Å². The quantitative estimate of drug-likeness (QED) is 0.771. The van der Waals surface area contributed by atoms with Gasteiger partial charge in [-0.05, 0) is 25.0 Å². The summed E-state index contributed by atoms with van der Waals surface area (Å²) in [4.78, 5) is 15.0. The Bertz CT molecular complexity index is 736. The zero-order valence-corrected chi connectivity index (χ0v) is 11.0. The van der Waals surface area contributed by atoms with Crippen LogP contribution in [0.2, 0.25) is 0 Å². The molecule has 0 spiro atoms. The van der Waals surface area contributed by atoms with Crippen molar-refractivity contribution in [3.8, 4) is 0 Å². The minimum Gasteiger partial charge on any atom is -0.298 e. The van der Waals surface area contributed by atoms with Gasteiger partial charge < -0.3 is 0 Å². The molecule has 100 valence electrons. The molecule has 1 unspecified atom stereocenters. The number of nitrogens with zero attached hydrogens (tertiary/aromatic N) is 3. The highest BCUT2D eigenvalue weighted by Gasteiger charge is 2.32. The number of aldehydes is 1. The van der Waals surface area contributed by atoms with E-state index in [-0.39, 0.29) is 11.0 Å². The molecule has 1 saturated heterocycles. The fourth-order valence-electron chi connectivity index (χ4n) is 2.39. The first-order valence-electron chi connectivity index (χ1n) is 6.10. The van der Waals surface area contributed by atoms with Gasteiger partial charge in [-0.1, -0.05) is 0 Å². The van der Waals surface area contributed by atoms with Crippen LogP contribution in [0.1, 0.15) is 29.0 Å². The molecule has 0 amide bonds. The van der Waals surface area contributed by atoms with Gasteiger partial charge in [0.25, 0.3) is 0 Å². The molecule has 19 heavy (non-hydrogen) atoms. The normalized spacial score (nSPS) is 21.8. The Morgan fingerprint density at radius 3 is 3.00 bits per heavy atom. The molecule has 7 heteroatoms. The fraction of sp³-hybridized carbons (Fsp3) is 0.417. The van der Waals surface area contributed by atoms with Crippen LogP contribution in [0.5, 0.6) is 0 Å². The number of rotatable bonds is 3. The van der Waals surface area contributed by atoms with E-state index in [9.17, 15) is 13.2 Å². The van der Waals surface area contributed by atoms with Crippen molar-refractivity contribution in [2.45, 2.75) is 24.5 Å². The summed E-state index contributed by atoms with van der Waals surface area (Å²) in [5, 5.41) is 3.88. The second kappa shape index (κ2) is 4.41. The smallest absolute Gasteiger partial charge is 0.156 e. The number of sulfone groups is 1. The van der Waals surface area contributed by atoms with Crippen molar-refractivity contribution in [1.29, 1.82) is 0 Å². The van der Waals surface area contributed by atoms with Gasteiger partial charge in [0.05, 0.1) is 11.0 Å². The molecule has 0 saturated carbocycles. The van der Waals surface area contributed by atoms with E-state index in [0.717, 1.165) is 12.7 Å². The van der Waals surface area contributed by atoms with Crippen molar-refractivity contribution in [2.24, 2.45) is 0 Å². The number of carbonyl (C=O) groups excluding carboxylic acids is 1. The van der Waals surface area contributed by atoms with Crippen LogP contribution in [-0.4, -0.2) is 40.3 Å². The first-order chi connectivity index (χ1) is 9.08. The van der Waals surface area contributed by atoms with Crippen LogP contribution in [0.3, 0.4) is 0 Å². The molecule has 3 rings (SSSR count). The van der Waals surface area contributed by atoms with E-state index >= 15 is 0 Å². The largest absolute Gasteiger partial charge is 0.298 e. The minimum atomic E-state index is -2.98. The van der Waals surface area contributed by atoms with Gasteiger partial charge in [-0.2, -0.15) is 5.10 Å². The summed E-state index contributed by atoms with van der Waals surface area (Å²) in [6.45, 7) is 0. The Morgan fingerprint density at radius 2 is 2.32 bits per heavy atom. The fourth-order valence-corrected chi connectivity index (χ4v) is 4.23. The van der Waals surface area contributed by atoms with E-state index in [4.69, 9.17) is 0 Å². The average Bonchev–Trinajstić information content (AvgIpc) is 2.92. The summed E-state index contributed by atoms with van der Waals surface area (Å²) in [6, 6.07) is 3.28. The van der Waals surface area contributed by atoms with Crippen molar-refractivity contribution in [1.82, 2.24) is 14.6 Å². The number of hydrogen-bond donors (Lipinski definition) is 0. The molecular weight excluding hydrogens is 266 g/mol. The Labute approximate surface area is 110 Å². The molecule has 1 atom stereocenters. The topological polar surface area (TPSA) is 81.4 Å². The van der Waals surface area contributed by atoms with Gasteiger partial charge in [-0.25, -0.2) is 17.9 Å². The first-order valence-corrected chi connectivity index (χ1v) is 7.82. The monoisotopic (exact) mass is 279 g/mol. The summed E-state index contributed by atoms with van der Waals surface area (Å²) >= 11 is 0. The molecule has 0 N–H and O–H groups in total. The molecule has 0 radical (unpaired) electrons. The van der Waals surface area contributed by atoms with Crippen molar-refractivity contribution in [3.05, 3.63) is 29.7 Å². The lowest BCUT2D eigenvalue weighted by Gasteiger charge is -2.04. The van der Waals surface area contributed by atoms with Crippen molar-refractivity contribution in [2.75, 3.05) is 5.75 Å². The summed E-state index contributed by atoms with van der Waals surface area (Å²) < 4.78 is 25.1. The predicted molar refractivity (Wildman–Crippen MR) is 68.9 cm³/mol. The van der Waals surface area contributed by atoms with Gasteiger partial charge in [0.15, 0.2) is 21.3 Å². The number of hydrogen-bond acceptors (Lipinski definition) is 5. The van der Waals surface area contributed by atoms with Gasteiger partial charge in [0.2, 0.25) is 0 Å². The predicted octanol–water partition coefficient (Wildman–Crippen LogP) is 0.661. The summed E-state index contributed by atoms with van der Waals surface area (Å²) in [7, 11) is -2.98. The number of aromatic nitrogens is 3. The number of carbonyl (C=O) groups is 1. The lowest BCUT2D eigenvalue weighted by Crippen LogP contribution is -2.19. The van der Waals surface area contributed by atoms with Crippen molar-refractivity contribution >= 4 is 21.8 Å². The highest BCUT2D eigenvalue weighted by Crippen LogP contribution is 2.22. The molecule has 1 aliphatic heterocycles. The van der Waals surface area contributed by atoms with Crippen LogP contribution >= 0.6 is 0 Å². The van der Waals surface area contributed by atoms with E-state index in [2.05, 4.69) is 10.1 Å². The molecular formula is C12H13N3O3S. The number of pyridine rings is 1. The lowest BCUT2D eigenvalue weighted by atomic mass is 10.2. The second-order valence-corrected chi connectivity index (χ2v) is 7.14. The zero-order valence-electron chi connectivity index (χ0n) is 10.2. The standard InChI is InChI=1S/C12H13N3O3S/c16-8-9-3-4-15-12(6-9)13-11(14-15)7-10-2-1-5-19(10,17)18/h3-4,6,8,10H,1-2,5,7H2. The van der Waals surface area contributed by atoms with Crippen LogP contribution in [0.4, 0.5) is 0 Å². The maximum atomic E-state index is 11.8. The molecule has 6 nitrogen and oxygen atoms in total. The molecule has 2 aromatic heterocycles. The van der Waals surface area contributed by atoms with E-state index < -0.39 is 9.84 Å². The van der Waals surface area contributed by atoms with E-state index in [1.54, 1.807) is 22.8 Å². The van der Waals surface area contributed by atoms with Crippen LogP contribution in [0.15, 0.2) is 18.3 Å². The van der Waals surface area contributed by atoms with Crippen molar-refractivity contribution in [3.63, 3.8) is 0 Å². The van der Waals surface area contributed by atoms with Crippen LogP contribution in [-0.2, 0) is 16.3 Å². The summed E-state index contributed by atoms with van der Waals surface area (Å²) in [5.41, 5.74) is 1.09. The second-order valence-electron chi connectivity index (χ2n) is 4.74. The summed E-state index contributed by atoms with van der Waals surface area (Å²) in [5.74, 6) is 0.777. The summed E-state index contributed by atoms with van der Waals surface area (Å²) in [6.07, 6.45) is 4.14. The van der Waals surface area contributed by atoms with E-state index in [1.807, 2.05) is 0 Å². The third kappa shape index (κ3) is 2.25. The molecule has 1 aliphatic rings. The molecule has 1 fully saturated rings. The molecule has 2 aromatic rings. The van der Waals surface area contributed by atoms with Crippen LogP contribution in [0.25, 0.3) is 5.65 Å². The molecule has 0 aromatic carbocycles. The zero-order chi connectivity index (χ0) is 13.5. The highest BCUT2D eigenvalue weighted by molar-refractivity contribution is 7.92. The Hall–Kier alpha value is -1.76. The maximum absolute atomic E-state index is 11.8. The Kier molecular flexibility index (Phi) is 2.85. The van der Waals surface area contributed by atoms with Gasteiger partial charge in [0.1, 0.15) is 6.29 Å². The Balaban J connectivity index is 1.91. The van der Waals surface area contributed by atoms with E-state index in [0.29, 0.717) is 29.9 Å². The molecule has 0 aliphatic carbocycles. The first kappa shape index (κ1) is 12.3.